The molecule has 21 heavy (non-hydrogen) atoms. The van der Waals surface area contributed by atoms with E-state index in [0.717, 1.165) is 31.6 Å². The Kier molecular flexibility index (Phi) is 5.33. The SMILES string of the molecule is CN(C)C1(CNC(=O)C(N)c2ccccc2)CCOCC1. The maximum Gasteiger partial charge on any atom is 0.241 e. The van der Waals surface area contributed by atoms with Crippen molar-refractivity contribution in [3.63, 3.8) is 0 Å². The molecule has 0 radical (unpaired) electrons. The molecule has 1 unspecified atom stereocenters. The first-order valence-electron chi connectivity index (χ1n) is 7.39. The average molecular weight is 291 g/mol. The molecule has 1 aromatic rings. The third-order valence-electron chi connectivity index (χ3n) is 4.41. The van der Waals surface area contributed by atoms with Gasteiger partial charge in [-0.2, -0.15) is 0 Å². The van der Waals surface area contributed by atoms with E-state index in [1.165, 1.54) is 0 Å². The first-order chi connectivity index (χ1) is 10.1. The highest BCUT2D eigenvalue weighted by Crippen LogP contribution is 2.25. The molecule has 3 N–H and O–H groups in total. The number of amides is 1. The highest BCUT2D eigenvalue weighted by molar-refractivity contribution is 5.82. The second kappa shape index (κ2) is 7.02. The molecule has 0 spiro atoms. The van der Waals surface area contributed by atoms with Gasteiger partial charge in [0.05, 0.1) is 0 Å². The summed E-state index contributed by atoms with van der Waals surface area (Å²) in [5.41, 5.74) is 6.82. The Morgan fingerprint density at radius 3 is 2.52 bits per heavy atom. The molecule has 1 atom stereocenters. The average Bonchev–Trinajstić information content (AvgIpc) is 2.53. The van der Waals surface area contributed by atoms with Crippen LogP contribution in [0, 0.1) is 0 Å². The van der Waals surface area contributed by atoms with Gasteiger partial charge in [0.2, 0.25) is 5.91 Å². The molecule has 1 saturated heterocycles. The van der Waals surface area contributed by atoms with Crippen molar-refractivity contribution in [2.24, 2.45) is 5.73 Å². The highest BCUT2D eigenvalue weighted by atomic mass is 16.5. The minimum absolute atomic E-state index is 0.0374. The molecular weight excluding hydrogens is 266 g/mol. The lowest BCUT2D eigenvalue weighted by molar-refractivity contribution is -0.123. The molecule has 0 aliphatic carbocycles. The summed E-state index contributed by atoms with van der Waals surface area (Å²) in [4.78, 5) is 14.4. The van der Waals surface area contributed by atoms with Gasteiger partial charge in [-0.1, -0.05) is 30.3 Å². The molecule has 0 saturated carbocycles. The van der Waals surface area contributed by atoms with Gasteiger partial charge in [0.15, 0.2) is 0 Å². The molecule has 0 bridgehead atoms. The zero-order chi connectivity index (χ0) is 15.3. The smallest absolute Gasteiger partial charge is 0.241 e. The van der Waals surface area contributed by atoms with E-state index in [2.05, 4.69) is 24.3 Å². The molecule has 1 aliphatic heterocycles. The van der Waals surface area contributed by atoms with E-state index >= 15 is 0 Å². The fourth-order valence-corrected chi connectivity index (χ4v) is 2.71. The molecule has 1 aromatic carbocycles. The number of hydrogen-bond acceptors (Lipinski definition) is 4. The van der Waals surface area contributed by atoms with E-state index in [0.29, 0.717) is 6.54 Å². The van der Waals surface area contributed by atoms with Crippen LogP contribution in [0.4, 0.5) is 0 Å². The summed E-state index contributed by atoms with van der Waals surface area (Å²) < 4.78 is 5.43. The molecule has 1 amide bonds. The van der Waals surface area contributed by atoms with Crippen molar-refractivity contribution in [2.75, 3.05) is 33.9 Å². The van der Waals surface area contributed by atoms with Crippen LogP contribution in [-0.2, 0) is 9.53 Å². The van der Waals surface area contributed by atoms with Crippen molar-refractivity contribution in [3.8, 4) is 0 Å². The Morgan fingerprint density at radius 2 is 1.95 bits per heavy atom. The Labute approximate surface area is 126 Å². The number of nitrogens with one attached hydrogen (secondary N) is 1. The van der Waals surface area contributed by atoms with Gasteiger partial charge in [0.1, 0.15) is 6.04 Å². The van der Waals surface area contributed by atoms with Gasteiger partial charge in [-0.25, -0.2) is 0 Å². The number of benzene rings is 1. The van der Waals surface area contributed by atoms with Crippen LogP contribution in [0.1, 0.15) is 24.4 Å². The Bertz CT molecular complexity index is 456. The van der Waals surface area contributed by atoms with Gasteiger partial charge in [-0.3, -0.25) is 4.79 Å². The lowest BCUT2D eigenvalue weighted by Gasteiger charge is -2.43. The van der Waals surface area contributed by atoms with E-state index in [-0.39, 0.29) is 11.4 Å². The number of nitrogens with two attached hydrogens (primary N) is 1. The van der Waals surface area contributed by atoms with Gasteiger partial charge >= 0.3 is 0 Å². The minimum atomic E-state index is -0.620. The van der Waals surface area contributed by atoms with Gasteiger partial charge in [0.25, 0.3) is 0 Å². The van der Waals surface area contributed by atoms with E-state index in [1.807, 2.05) is 30.3 Å². The lowest BCUT2D eigenvalue weighted by Crippen LogP contribution is -2.56. The van der Waals surface area contributed by atoms with Gasteiger partial charge < -0.3 is 20.7 Å². The van der Waals surface area contributed by atoms with Crippen LogP contribution in [0.5, 0.6) is 0 Å². The van der Waals surface area contributed by atoms with E-state index in [1.54, 1.807) is 0 Å². The van der Waals surface area contributed by atoms with Gasteiger partial charge in [-0.05, 0) is 32.5 Å². The van der Waals surface area contributed by atoms with Crippen LogP contribution in [0.2, 0.25) is 0 Å². The highest BCUT2D eigenvalue weighted by Gasteiger charge is 2.35. The monoisotopic (exact) mass is 291 g/mol. The van der Waals surface area contributed by atoms with Crippen LogP contribution in [-0.4, -0.2) is 50.2 Å². The lowest BCUT2D eigenvalue weighted by atomic mass is 9.88. The molecule has 1 heterocycles. The van der Waals surface area contributed by atoms with Crippen molar-refractivity contribution in [1.82, 2.24) is 10.2 Å². The second-order valence-electron chi connectivity index (χ2n) is 5.84. The van der Waals surface area contributed by atoms with Crippen molar-refractivity contribution < 1.29 is 9.53 Å². The fraction of sp³-hybridized carbons (Fsp3) is 0.562. The maximum absolute atomic E-state index is 12.3. The van der Waals surface area contributed by atoms with E-state index in [4.69, 9.17) is 10.5 Å². The summed E-state index contributed by atoms with van der Waals surface area (Å²) in [5, 5.41) is 3.01. The number of carbonyl (C=O) groups excluding carboxylic acids is 1. The quantitative estimate of drug-likeness (QED) is 0.846. The zero-order valence-electron chi connectivity index (χ0n) is 12.8. The molecule has 0 aromatic heterocycles. The van der Waals surface area contributed by atoms with Crippen LogP contribution in [0.25, 0.3) is 0 Å². The third-order valence-corrected chi connectivity index (χ3v) is 4.41. The number of nitrogens with zero attached hydrogens (tertiary/aromatic N) is 1. The molecule has 5 heteroatoms. The van der Waals surface area contributed by atoms with Crippen LogP contribution < -0.4 is 11.1 Å². The second-order valence-corrected chi connectivity index (χ2v) is 5.84. The predicted molar refractivity (Wildman–Crippen MR) is 82.9 cm³/mol. The molecule has 1 aliphatic rings. The Morgan fingerprint density at radius 1 is 1.33 bits per heavy atom. The summed E-state index contributed by atoms with van der Waals surface area (Å²) in [5.74, 6) is -0.131. The van der Waals surface area contributed by atoms with Crippen molar-refractivity contribution in [3.05, 3.63) is 35.9 Å². The van der Waals surface area contributed by atoms with Crippen LogP contribution >= 0.6 is 0 Å². The van der Waals surface area contributed by atoms with Crippen molar-refractivity contribution in [1.29, 1.82) is 0 Å². The number of hydrogen-bond donors (Lipinski definition) is 2. The topological polar surface area (TPSA) is 67.6 Å². The Balaban J connectivity index is 1.96. The minimum Gasteiger partial charge on any atom is -0.381 e. The zero-order valence-corrected chi connectivity index (χ0v) is 12.8. The standard InChI is InChI=1S/C16H25N3O2/c1-19(2)16(8-10-21-11-9-16)12-18-15(20)14(17)13-6-4-3-5-7-13/h3-7,14H,8-12,17H2,1-2H3,(H,18,20). The predicted octanol–water partition coefficient (Wildman–Crippen LogP) is 0.913. The number of rotatable bonds is 5. The van der Waals surface area contributed by atoms with Crippen molar-refractivity contribution in [2.45, 2.75) is 24.4 Å². The summed E-state index contributed by atoms with van der Waals surface area (Å²) >= 11 is 0. The summed E-state index contributed by atoms with van der Waals surface area (Å²) in [6, 6.07) is 8.83. The van der Waals surface area contributed by atoms with Gasteiger partial charge in [-0.15, -0.1) is 0 Å². The molecular formula is C16H25N3O2. The molecule has 2 rings (SSSR count). The largest absolute Gasteiger partial charge is 0.381 e. The van der Waals surface area contributed by atoms with Crippen molar-refractivity contribution >= 4 is 5.91 Å². The maximum atomic E-state index is 12.3. The number of ether oxygens (including phenoxy) is 1. The number of carbonyl (C=O) groups is 1. The summed E-state index contributed by atoms with van der Waals surface area (Å²) in [7, 11) is 4.10. The normalized spacial score (nSPS) is 19.2. The number of likely N-dealkylation sites (N-methyl/N-ethyl adjacent to an activating group) is 1. The van der Waals surface area contributed by atoms with Gasteiger partial charge in [0, 0.05) is 25.3 Å². The summed E-state index contributed by atoms with van der Waals surface area (Å²) in [6.07, 6.45) is 1.84. The fourth-order valence-electron chi connectivity index (χ4n) is 2.71. The van der Waals surface area contributed by atoms with E-state index in [9.17, 15) is 4.79 Å². The molecule has 116 valence electrons. The molecule has 1 fully saturated rings. The van der Waals surface area contributed by atoms with E-state index < -0.39 is 6.04 Å². The third kappa shape index (κ3) is 3.81. The first kappa shape index (κ1) is 15.9. The van der Waals surface area contributed by atoms with Crippen LogP contribution in [0.3, 0.4) is 0 Å². The summed E-state index contributed by atoms with van der Waals surface area (Å²) in [6.45, 7) is 2.07. The van der Waals surface area contributed by atoms with Crippen LogP contribution in [0.15, 0.2) is 30.3 Å². The first-order valence-corrected chi connectivity index (χ1v) is 7.39. The molecule has 5 nitrogen and oxygen atoms in total. The Hall–Kier alpha value is -1.43.